The van der Waals surface area contributed by atoms with Crippen LogP contribution in [0.5, 0.6) is 0 Å². The average molecular weight is 556 g/mol. The molecule has 2 heterocycles. The quantitative estimate of drug-likeness (QED) is 0.120. The molecular formula is C20H34FN4O11P. The lowest BCUT2D eigenvalue weighted by molar-refractivity contribution is -0.225. The van der Waals surface area contributed by atoms with Gasteiger partial charge in [0.05, 0.1) is 13.2 Å². The highest BCUT2D eigenvalue weighted by Gasteiger charge is 2.65. The number of rotatable bonds is 12. The molecule has 17 heteroatoms. The number of aliphatic hydroxyl groups excluding tert-OH is 2. The second kappa shape index (κ2) is 12.1. The molecule has 2 aliphatic heterocycles. The zero-order chi connectivity index (χ0) is 28.2. The van der Waals surface area contributed by atoms with Crippen LogP contribution in [0.1, 0.15) is 34.6 Å². The maximum atomic E-state index is 15.8. The van der Waals surface area contributed by atoms with E-state index in [9.17, 15) is 34.3 Å². The van der Waals surface area contributed by atoms with Gasteiger partial charge in [0.1, 0.15) is 30.4 Å². The molecule has 0 aromatic rings. The zero-order valence-corrected chi connectivity index (χ0v) is 21.9. The Morgan fingerprint density at radius 3 is 2.19 bits per heavy atom. The summed E-state index contributed by atoms with van der Waals surface area (Å²) in [6.07, 6.45) is -3.77. The van der Waals surface area contributed by atoms with Crippen molar-refractivity contribution >= 4 is 25.5 Å². The third-order valence-electron chi connectivity index (χ3n) is 5.44. The summed E-state index contributed by atoms with van der Waals surface area (Å²) in [7, 11) is -4.47. The fraction of sp³-hybridized carbons (Fsp3) is 0.750. The summed E-state index contributed by atoms with van der Waals surface area (Å²) in [5, 5.41) is 38.2. The SMILES string of the molecule is CCOC(=O)C(C)NP(=O)(NC(C)C(=O)OCC)OC[C@@]1(F)O[C@@H](N2C=CC(=O)NC2O)[C@](C)(O)[C@@H]1O. The molecule has 6 N–H and O–H groups in total. The van der Waals surface area contributed by atoms with Crippen molar-refractivity contribution in [2.75, 3.05) is 19.8 Å². The number of nitrogens with one attached hydrogen (secondary N) is 3. The molecule has 3 unspecified atom stereocenters. The van der Waals surface area contributed by atoms with Crippen LogP contribution in [-0.4, -0.2) is 100 Å². The molecule has 0 bridgehead atoms. The molecule has 2 aliphatic rings. The van der Waals surface area contributed by atoms with E-state index in [2.05, 4.69) is 15.5 Å². The standard InChI is InChI=1S/C20H34FN4O11P/c1-6-33-14(27)11(3)23-37(32,24-12(4)15(28)34-7-2)35-10-20(21)16(29)19(5,31)17(36-20)25-9-8-13(26)22-18(25)30/h8-9,11-12,16-18,29-31H,6-7,10H2,1-5H3,(H,22,26)(H2,23,24,32)/t11?,12?,16-,17+,18?,19+,20+,37?/m0/s1. The molecule has 0 spiro atoms. The molecule has 1 saturated heterocycles. The zero-order valence-electron chi connectivity index (χ0n) is 21.0. The molecule has 2 rings (SSSR count). The van der Waals surface area contributed by atoms with E-state index >= 15 is 4.39 Å². The first-order valence-corrected chi connectivity index (χ1v) is 13.1. The van der Waals surface area contributed by atoms with E-state index in [1.807, 2.05) is 0 Å². The van der Waals surface area contributed by atoms with E-state index in [0.29, 0.717) is 0 Å². The summed E-state index contributed by atoms with van der Waals surface area (Å²) < 4.78 is 49.5. The molecule has 0 saturated carbocycles. The minimum absolute atomic E-state index is 0.0179. The maximum Gasteiger partial charge on any atom is 0.342 e. The Bertz CT molecular complexity index is 908. The topological polar surface area (TPSA) is 205 Å². The molecule has 0 aliphatic carbocycles. The van der Waals surface area contributed by atoms with Gasteiger partial charge in [0.2, 0.25) is 12.3 Å². The summed E-state index contributed by atoms with van der Waals surface area (Å²) in [6, 6.07) is -2.49. The van der Waals surface area contributed by atoms with Crippen molar-refractivity contribution in [1.29, 1.82) is 0 Å². The molecule has 212 valence electrons. The number of alkyl halides is 1. The smallest absolute Gasteiger partial charge is 0.342 e. The van der Waals surface area contributed by atoms with Crippen molar-refractivity contribution in [2.24, 2.45) is 0 Å². The van der Waals surface area contributed by atoms with Crippen LogP contribution in [-0.2, 0) is 37.7 Å². The molecule has 7 atom stereocenters. The van der Waals surface area contributed by atoms with Gasteiger partial charge in [-0.15, -0.1) is 0 Å². The number of ether oxygens (including phenoxy) is 3. The van der Waals surface area contributed by atoms with Crippen molar-refractivity contribution in [1.82, 2.24) is 20.4 Å². The van der Waals surface area contributed by atoms with Gasteiger partial charge in [-0.25, -0.2) is 14.6 Å². The van der Waals surface area contributed by atoms with Gasteiger partial charge in [-0.05, 0) is 34.6 Å². The second-order valence-electron chi connectivity index (χ2n) is 8.56. The van der Waals surface area contributed by atoms with Crippen LogP contribution >= 0.6 is 7.67 Å². The minimum Gasteiger partial charge on any atom is -0.465 e. The maximum absolute atomic E-state index is 15.8. The van der Waals surface area contributed by atoms with Crippen LogP contribution in [0.15, 0.2) is 12.3 Å². The molecular weight excluding hydrogens is 522 g/mol. The molecule has 37 heavy (non-hydrogen) atoms. The second-order valence-corrected chi connectivity index (χ2v) is 10.4. The highest BCUT2D eigenvalue weighted by molar-refractivity contribution is 7.54. The Hall–Kier alpha value is -2.17. The van der Waals surface area contributed by atoms with E-state index in [4.69, 9.17) is 18.7 Å². The summed E-state index contributed by atoms with van der Waals surface area (Å²) in [5.74, 6) is -5.51. The monoisotopic (exact) mass is 556 g/mol. The number of hydrogen-bond donors (Lipinski definition) is 6. The van der Waals surface area contributed by atoms with Gasteiger partial charge in [-0.2, -0.15) is 0 Å². The molecule has 1 fully saturated rings. The molecule has 1 amide bonds. The number of carbonyl (C=O) groups excluding carboxylic acids is 3. The predicted molar refractivity (Wildman–Crippen MR) is 122 cm³/mol. The van der Waals surface area contributed by atoms with E-state index in [1.54, 1.807) is 13.8 Å². The number of aliphatic hydroxyl groups is 3. The van der Waals surface area contributed by atoms with Gasteiger partial charge in [0.25, 0.3) is 5.85 Å². The van der Waals surface area contributed by atoms with Crippen LogP contribution in [0.4, 0.5) is 4.39 Å². The van der Waals surface area contributed by atoms with Gasteiger partial charge in [-0.3, -0.25) is 23.5 Å². The Balaban J connectivity index is 2.26. The van der Waals surface area contributed by atoms with Crippen molar-refractivity contribution in [3.63, 3.8) is 0 Å². The lowest BCUT2D eigenvalue weighted by Crippen LogP contribution is -2.59. The molecule has 0 aromatic carbocycles. The van der Waals surface area contributed by atoms with Gasteiger partial charge < -0.3 is 39.7 Å². The van der Waals surface area contributed by atoms with Crippen molar-refractivity contribution < 1.29 is 57.4 Å². The third-order valence-corrected chi connectivity index (χ3v) is 7.39. The predicted octanol–water partition coefficient (Wildman–Crippen LogP) is -1.45. The van der Waals surface area contributed by atoms with Crippen molar-refractivity contribution in [3.05, 3.63) is 12.3 Å². The largest absolute Gasteiger partial charge is 0.465 e. The number of nitrogens with zero attached hydrogens (tertiary/aromatic N) is 1. The van der Waals surface area contributed by atoms with Gasteiger partial charge in [-0.1, -0.05) is 0 Å². The number of amides is 1. The summed E-state index contributed by atoms with van der Waals surface area (Å²) in [4.78, 5) is 36.4. The molecule has 15 nitrogen and oxygen atoms in total. The van der Waals surface area contributed by atoms with Crippen molar-refractivity contribution in [2.45, 2.75) is 76.8 Å². The summed E-state index contributed by atoms with van der Waals surface area (Å²) in [6.45, 7) is 5.46. The first-order chi connectivity index (χ1) is 17.1. The fourth-order valence-electron chi connectivity index (χ4n) is 3.55. The van der Waals surface area contributed by atoms with Crippen molar-refractivity contribution in [3.8, 4) is 0 Å². The summed E-state index contributed by atoms with van der Waals surface area (Å²) >= 11 is 0. The van der Waals surface area contributed by atoms with Crippen LogP contribution in [0, 0.1) is 0 Å². The highest BCUT2D eigenvalue weighted by atomic mass is 31.2. The Morgan fingerprint density at radius 2 is 1.73 bits per heavy atom. The first kappa shape index (κ1) is 31.1. The number of esters is 2. The van der Waals surface area contributed by atoms with E-state index in [1.165, 1.54) is 13.8 Å². The third kappa shape index (κ3) is 7.23. The van der Waals surface area contributed by atoms with Gasteiger partial charge in [0.15, 0.2) is 6.23 Å². The normalized spacial score (nSPS) is 32.8. The Labute approximate surface area is 212 Å². The van der Waals surface area contributed by atoms with Crippen LogP contribution in [0.2, 0.25) is 0 Å². The molecule has 0 radical (unpaired) electrons. The fourth-order valence-corrected chi connectivity index (χ4v) is 5.36. The first-order valence-electron chi connectivity index (χ1n) is 11.4. The van der Waals surface area contributed by atoms with E-state index in [-0.39, 0.29) is 13.2 Å². The van der Waals surface area contributed by atoms with E-state index in [0.717, 1.165) is 24.1 Å². The van der Waals surface area contributed by atoms with Gasteiger partial charge in [0, 0.05) is 12.3 Å². The Morgan fingerprint density at radius 1 is 1.22 bits per heavy atom. The van der Waals surface area contributed by atoms with Gasteiger partial charge >= 0.3 is 19.6 Å². The van der Waals surface area contributed by atoms with E-state index < -0.39 is 74.3 Å². The van der Waals surface area contributed by atoms with Crippen LogP contribution in [0.25, 0.3) is 0 Å². The Kier molecular flexibility index (Phi) is 10.2. The molecule has 0 aromatic heterocycles. The lowest BCUT2D eigenvalue weighted by Gasteiger charge is -2.38. The highest BCUT2D eigenvalue weighted by Crippen LogP contribution is 2.46. The lowest BCUT2D eigenvalue weighted by atomic mass is 9.95. The number of hydrogen-bond acceptors (Lipinski definition) is 12. The minimum atomic E-state index is -4.47. The van der Waals surface area contributed by atoms with Crippen LogP contribution in [0.3, 0.4) is 0 Å². The number of halogens is 1. The average Bonchev–Trinajstić information content (AvgIpc) is 2.98. The summed E-state index contributed by atoms with van der Waals surface area (Å²) in [5.41, 5.74) is -2.37. The number of carbonyl (C=O) groups is 3. The van der Waals surface area contributed by atoms with Crippen LogP contribution < -0.4 is 15.5 Å².